The predicted molar refractivity (Wildman–Crippen MR) is 71.8 cm³/mol. The lowest BCUT2D eigenvalue weighted by Crippen LogP contribution is -2.01. The van der Waals surface area contributed by atoms with Crippen LogP contribution in [0.5, 0.6) is 0 Å². The Morgan fingerprint density at radius 3 is 2.40 bits per heavy atom. The minimum Gasteiger partial charge on any atom is -0.433 e. The maximum Gasteiger partial charge on any atom is 0.268 e. The molecule has 1 aromatic heterocycles. The molecule has 3 rings (SSSR count). The van der Waals surface area contributed by atoms with Gasteiger partial charge in [-0.15, -0.1) is 0 Å². The van der Waals surface area contributed by atoms with E-state index in [1.807, 2.05) is 30.3 Å². The van der Waals surface area contributed by atoms with E-state index in [2.05, 4.69) is 4.98 Å². The number of aromatic nitrogens is 1. The van der Waals surface area contributed by atoms with Gasteiger partial charge in [0.15, 0.2) is 5.76 Å². The van der Waals surface area contributed by atoms with Crippen molar-refractivity contribution in [3.8, 4) is 11.3 Å². The molecule has 0 saturated carbocycles. The summed E-state index contributed by atoms with van der Waals surface area (Å²) in [4.78, 5) is 16.1. The van der Waals surface area contributed by atoms with Crippen LogP contribution >= 0.6 is 0 Å². The van der Waals surface area contributed by atoms with Crippen LogP contribution in [-0.4, -0.2) is 10.8 Å². The van der Waals surface area contributed by atoms with E-state index in [0.29, 0.717) is 11.3 Å². The molecule has 0 amide bonds. The van der Waals surface area contributed by atoms with Gasteiger partial charge < -0.3 is 4.42 Å². The molecular weight excluding hydrogens is 257 g/mol. The third-order valence-corrected chi connectivity index (χ3v) is 2.86. The molecule has 1 heterocycles. The maximum absolute atomic E-state index is 12.8. The van der Waals surface area contributed by atoms with Crippen molar-refractivity contribution in [3.05, 3.63) is 78.1 Å². The van der Waals surface area contributed by atoms with Crippen molar-refractivity contribution in [2.24, 2.45) is 0 Å². The molecule has 0 fully saturated rings. The van der Waals surface area contributed by atoms with Crippen LogP contribution < -0.4 is 0 Å². The number of ketones is 1. The molecule has 0 saturated heterocycles. The number of oxazole rings is 1. The Bertz CT molecular complexity index is 733. The first-order valence-corrected chi connectivity index (χ1v) is 6.05. The molecule has 0 radical (unpaired) electrons. The fourth-order valence-corrected chi connectivity index (χ4v) is 1.84. The third kappa shape index (κ3) is 2.36. The van der Waals surface area contributed by atoms with Gasteiger partial charge in [0.1, 0.15) is 5.82 Å². The quantitative estimate of drug-likeness (QED) is 0.679. The summed E-state index contributed by atoms with van der Waals surface area (Å²) in [6.45, 7) is 0. The molecule has 0 N–H and O–H groups in total. The van der Waals surface area contributed by atoms with Crippen molar-refractivity contribution in [1.29, 1.82) is 0 Å². The highest BCUT2D eigenvalue weighted by atomic mass is 19.1. The predicted octanol–water partition coefficient (Wildman–Crippen LogP) is 3.71. The van der Waals surface area contributed by atoms with Gasteiger partial charge in [-0.05, 0) is 24.3 Å². The van der Waals surface area contributed by atoms with E-state index >= 15 is 0 Å². The summed E-state index contributed by atoms with van der Waals surface area (Å²) in [5.74, 6) is -0.238. The molecule has 20 heavy (non-hydrogen) atoms. The van der Waals surface area contributed by atoms with E-state index in [1.54, 1.807) is 0 Å². The first-order valence-electron chi connectivity index (χ1n) is 6.05. The minimum atomic E-state index is -0.390. The first-order chi connectivity index (χ1) is 9.74. The fraction of sp³-hybridized carbons (Fsp3) is 0. The van der Waals surface area contributed by atoms with Gasteiger partial charge in [0.25, 0.3) is 5.89 Å². The van der Waals surface area contributed by atoms with Gasteiger partial charge in [-0.1, -0.05) is 30.3 Å². The topological polar surface area (TPSA) is 43.1 Å². The van der Waals surface area contributed by atoms with Crippen LogP contribution in [0, 0.1) is 5.82 Å². The SMILES string of the molecule is O=C(c1ccc(F)cc1)c1ncc(-c2ccccc2)o1. The average molecular weight is 267 g/mol. The van der Waals surface area contributed by atoms with Gasteiger partial charge in [0, 0.05) is 11.1 Å². The Kier molecular flexibility index (Phi) is 3.13. The summed E-state index contributed by atoms with van der Waals surface area (Å²) in [6.07, 6.45) is 1.51. The smallest absolute Gasteiger partial charge is 0.268 e. The van der Waals surface area contributed by atoms with Gasteiger partial charge in [0.05, 0.1) is 6.20 Å². The van der Waals surface area contributed by atoms with Crippen molar-refractivity contribution in [1.82, 2.24) is 4.98 Å². The van der Waals surface area contributed by atoms with Crippen molar-refractivity contribution in [3.63, 3.8) is 0 Å². The van der Waals surface area contributed by atoms with Gasteiger partial charge in [0.2, 0.25) is 5.78 Å². The Balaban J connectivity index is 1.90. The second-order valence-corrected chi connectivity index (χ2v) is 4.23. The Morgan fingerprint density at radius 1 is 1.00 bits per heavy atom. The number of carbonyl (C=O) groups is 1. The zero-order valence-corrected chi connectivity index (χ0v) is 10.4. The third-order valence-electron chi connectivity index (χ3n) is 2.86. The van der Waals surface area contributed by atoms with Crippen molar-refractivity contribution >= 4 is 5.78 Å². The molecule has 3 aromatic rings. The van der Waals surface area contributed by atoms with Gasteiger partial charge in [-0.25, -0.2) is 9.37 Å². The summed E-state index contributed by atoms with van der Waals surface area (Å²) in [6, 6.07) is 14.7. The molecule has 0 atom stereocenters. The molecule has 0 aliphatic heterocycles. The lowest BCUT2D eigenvalue weighted by molar-refractivity contribution is 0.100. The van der Waals surface area contributed by atoms with E-state index < -0.39 is 0 Å². The summed E-state index contributed by atoms with van der Waals surface area (Å²) >= 11 is 0. The molecular formula is C16H10FNO2. The summed E-state index contributed by atoms with van der Waals surface area (Å²) in [5, 5.41) is 0. The van der Waals surface area contributed by atoms with E-state index in [0.717, 1.165) is 5.56 Å². The van der Waals surface area contributed by atoms with Crippen LogP contribution in [0.4, 0.5) is 4.39 Å². The van der Waals surface area contributed by atoms with Crippen LogP contribution in [0.2, 0.25) is 0 Å². The fourth-order valence-electron chi connectivity index (χ4n) is 1.84. The van der Waals surface area contributed by atoms with Crippen LogP contribution in [0.3, 0.4) is 0 Å². The monoisotopic (exact) mass is 267 g/mol. The first kappa shape index (κ1) is 12.3. The maximum atomic E-state index is 12.8. The highest BCUT2D eigenvalue weighted by Gasteiger charge is 2.16. The zero-order valence-electron chi connectivity index (χ0n) is 10.4. The molecule has 0 aliphatic rings. The molecule has 4 heteroatoms. The average Bonchev–Trinajstić information content (AvgIpc) is 2.98. The van der Waals surface area contributed by atoms with Crippen molar-refractivity contribution in [2.75, 3.05) is 0 Å². The lowest BCUT2D eigenvalue weighted by atomic mass is 10.1. The van der Waals surface area contributed by atoms with E-state index in [-0.39, 0.29) is 17.5 Å². The minimum absolute atomic E-state index is 0.00420. The Hall–Kier alpha value is -2.75. The molecule has 2 aromatic carbocycles. The van der Waals surface area contributed by atoms with Crippen LogP contribution in [0.25, 0.3) is 11.3 Å². The number of hydrogen-bond donors (Lipinski definition) is 0. The summed E-state index contributed by atoms with van der Waals surface area (Å²) < 4.78 is 18.3. The highest BCUT2D eigenvalue weighted by molar-refractivity contribution is 6.06. The molecule has 98 valence electrons. The molecule has 0 spiro atoms. The molecule has 3 nitrogen and oxygen atoms in total. The van der Waals surface area contributed by atoms with E-state index in [9.17, 15) is 9.18 Å². The van der Waals surface area contributed by atoms with Crippen LogP contribution in [0.1, 0.15) is 16.2 Å². The van der Waals surface area contributed by atoms with Crippen molar-refractivity contribution < 1.29 is 13.6 Å². The van der Waals surface area contributed by atoms with Crippen LogP contribution in [0.15, 0.2) is 65.2 Å². The van der Waals surface area contributed by atoms with Gasteiger partial charge >= 0.3 is 0 Å². The Morgan fingerprint density at radius 2 is 1.70 bits per heavy atom. The van der Waals surface area contributed by atoms with E-state index in [1.165, 1.54) is 30.5 Å². The van der Waals surface area contributed by atoms with Gasteiger partial charge in [-0.2, -0.15) is 0 Å². The van der Waals surface area contributed by atoms with Crippen LogP contribution in [-0.2, 0) is 0 Å². The number of nitrogens with zero attached hydrogens (tertiary/aromatic N) is 1. The molecule has 0 unspecified atom stereocenters. The normalized spacial score (nSPS) is 10.4. The standard InChI is InChI=1S/C16H10FNO2/c17-13-8-6-12(7-9-13)15(19)16-18-10-14(20-16)11-4-2-1-3-5-11/h1-10H. The molecule has 0 bridgehead atoms. The zero-order chi connectivity index (χ0) is 13.9. The van der Waals surface area contributed by atoms with Crippen molar-refractivity contribution in [2.45, 2.75) is 0 Å². The number of halogens is 1. The summed E-state index contributed by atoms with van der Waals surface area (Å²) in [5.41, 5.74) is 1.19. The number of hydrogen-bond acceptors (Lipinski definition) is 3. The van der Waals surface area contributed by atoms with E-state index in [4.69, 9.17) is 4.42 Å². The lowest BCUT2D eigenvalue weighted by Gasteiger charge is -1.97. The highest BCUT2D eigenvalue weighted by Crippen LogP contribution is 2.21. The number of carbonyl (C=O) groups excluding carboxylic acids is 1. The second kappa shape index (κ2) is 5.09. The van der Waals surface area contributed by atoms with Gasteiger partial charge in [-0.3, -0.25) is 4.79 Å². The number of benzene rings is 2. The molecule has 0 aliphatic carbocycles. The Labute approximate surface area is 114 Å². The second-order valence-electron chi connectivity index (χ2n) is 4.23. The summed E-state index contributed by atoms with van der Waals surface area (Å²) in [7, 11) is 0. The largest absolute Gasteiger partial charge is 0.433 e. The number of rotatable bonds is 3.